The average Bonchev–Trinajstić information content (AvgIpc) is 2.49. The molecule has 0 saturated heterocycles. The second kappa shape index (κ2) is 6.51. The van der Waals surface area contributed by atoms with Gasteiger partial charge in [0.05, 0.1) is 5.56 Å². The Morgan fingerprint density at radius 3 is 1.82 bits per heavy atom. The lowest BCUT2D eigenvalue weighted by molar-refractivity contribution is -0.137. The van der Waals surface area contributed by atoms with E-state index in [0.717, 1.165) is 12.1 Å². The largest absolute Gasteiger partial charge is 0.457 e. The monoisotopic (exact) mass is 310 g/mol. The first kappa shape index (κ1) is 15.9. The Morgan fingerprint density at radius 1 is 0.909 bits per heavy atom. The zero-order valence-electron chi connectivity index (χ0n) is 11.7. The molecule has 2 rings (SSSR count). The minimum atomic E-state index is -4.37. The highest BCUT2D eigenvalue weighted by atomic mass is 19.4. The van der Waals surface area contributed by atoms with E-state index in [0.29, 0.717) is 11.5 Å². The van der Waals surface area contributed by atoms with Crippen LogP contribution in [0.25, 0.3) is 0 Å². The number of alkyl halides is 3. The smallest absolute Gasteiger partial charge is 0.416 e. The summed E-state index contributed by atoms with van der Waals surface area (Å²) in [5.74, 6) is 0.741. The van der Waals surface area contributed by atoms with Crippen molar-refractivity contribution in [3.8, 4) is 17.2 Å². The van der Waals surface area contributed by atoms with Crippen LogP contribution in [-0.2, 0) is 11.0 Å². The van der Waals surface area contributed by atoms with Gasteiger partial charge in [-0.1, -0.05) is 6.92 Å². The molecule has 0 aliphatic carbocycles. The van der Waals surface area contributed by atoms with Crippen molar-refractivity contribution in [2.75, 3.05) is 0 Å². The van der Waals surface area contributed by atoms with Gasteiger partial charge in [-0.2, -0.15) is 13.2 Å². The molecule has 0 radical (unpaired) electrons. The average molecular weight is 310 g/mol. The van der Waals surface area contributed by atoms with Crippen molar-refractivity contribution in [2.24, 2.45) is 0 Å². The number of carbonyl (C=O) groups excluding carboxylic acids is 1. The summed E-state index contributed by atoms with van der Waals surface area (Å²) >= 11 is 0. The van der Waals surface area contributed by atoms with Gasteiger partial charge in [-0.15, -0.1) is 0 Å². The number of carbonyl (C=O) groups is 1. The Bertz CT molecular complexity index is 631. The summed E-state index contributed by atoms with van der Waals surface area (Å²) in [6, 6.07) is 10.6. The second-order valence-electron chi connectivity index (χ2n) is 4.42. The Hall–Kier alpha value is -2.50. The number of rotatable bonds is 4. The fraction of sp³-hybridized carbons (Fsp3) is 0.188. The summed E-state index contributed by atoms with van der Waals surface area (Å²) in [6.07, 6.45) is -4.10. The maximum atomic E-state index is 12.4. The number of esters is 1. The van der Waals surface area contributed by atoms with Crippen molar-refractivity contribution in [2.45, 2.75) is 19.5 Å². The lowest BCUT2D eigenvalue weighted by Crippen LogP contribution is -2.05. The molecule has 0 aliphatic heterocycles. The molecular formula is C16H13F3O3. The van der Waals surface area contributed by atoms with E-state index >= 15 is 0 Å². The van der Waals surface area contributed by atoms with Gasteiger partial charge in [0.15, 0.2) is 0 Å². The van der Waals surface area contributed by atoms with Crippen LogP contribution in [0.2, 0.25) is 0 Å². The van der Waals surface area contributed by atoms with Crippen molar-refractivity contribution in [1.29, 1.82) is 0 Å². The van der Waals surface area contributed by atoms with E-state index < -0.39 is 11.7 Å². The first-order chi connectivity index (χ1) is 10.4. The molecule has 0 amide bonds. The molecule has 6 heteroatoms. The molecule has 0 bridgehead atoms. The van der Waals surface area contributed by atoms with E-state index in [-0.39, 0.29) is 18.1 Å². The highest BCUT2D eigenvalue weighted by Gasteiger charge is 2.30. The highest BCUT2D eigenvalue weighted by Crippen LogP contribution is 2.31. The van der Waals surface area contributed by atoms with Gasteiger partial charge in [-0.25, -0.2) is 0 Å². The third kappa shape index (κ3) is 4.25. The molecule has 0 saturated carbocycles. The molecule has 116 valence electrons. The maximum absolute atomic E-state index is 12.4. The van der Waals surface area contributed by atoms with Crippen LogP contribution in [0.1, 0.15) is 18.9 Å². The van der Waals surface area contributed by atoms with Crippen LogP contribution in [0, 0.1) is 0 Å². The predicted octanol–water partition coefficient (Wildman–Crippen LogP) is 4.81. The van der Waals surface area contributed by atoms with Gasteiger partial charge < -0.3 is 9.47 Å². The van der Waals surface area contributed by atoms with Crippen LogP contribution in [0.3, 0.4) is 0 Å². The molecule has 3 nitrogen and oxygen atoms in total. The third-order valence-corrected chi connectivity index (χ3v) is 2.76. The molecule has 2 aromatic rings. The number of hydrogen-bond donors (Lipinski definition) is 0. The van der Waals surface area contributed by atoms with E-state index in [2.05, 4.69) is 0 Å². The molecule has 0 aromatic heterocycles. The van der Waals surface area contributed by atoms with E-state index in [1.165, 1.54) is 12.1 Å². The molecule has 2 aromatic carbocycles. The summed E-state index contributed by atoms with van der Waals surface area (Å²) in [5, 5.41) is 0. The molecule has 0 N–H and O–H groups in total. The van der Waals surface area contributed by atoms with Crippen LogP contribution in [0.15, 0.2) is 48.5 Å². The number of ether oxygens (including phenoxy) is 2. The van der Waals surface area contributed by atoms with Gasteiger partial charge in [0.2, 0.25) is 0 Å². The van der Waals surface area contributed by atoms with E-state index in [1.807, 2.05) is 0 Å². The normalized spacial score (nSPS) is 11.1. The van der Waals surface area contributed by atoms with Crippen LogP contribution < -0.4 is 9.47 Å². The minimum Gasteiger partial charge on any atom is -0.457 e. The van der Waals surface area contributed by atoms with Crippen LogP contribution in [0.5, 0.6) is 17.2 Å². The van der Waals surface area contributed by atoms with Gasteiger partial charge in [-0.3, -0.25) is 4.79 Å². The maximum Gasteiger partial charge on any atom is 0.416 e. The summed E-state index contributed by atoms with van der Waals surface area (Å²) in [7, 11) is 0. The molecule has 0 aliphatic rings. The summed E-state index contributed by atoms with van der Waals surface area (Å²) in [4.78, 5) is 11.1. The summed E-state index contributed by atoms with van der Waals surface area (Å²) < 4.78 is 47.8. The van der Waals surface area contributed by atoms with Crippen molar-refractivity contribution < 1.29 is 27.4 Å². The molecular weight excluding hydrogens is 297 g/mol. The Kier molecular flexibility index (Phi) is 4.70. The molecule has 0 fully saturated rings. The fourth-order valence-electron chi connectivity index (χ4n) is 1.63. The zero-order chi connectivity index (χ0) is 16.2. The van der Waals surface area contributed by atoms with Crippen molar-refractivity contribution in [1.82, 2.24) is 0 Å². The Labute approximate surface area is 125 Å². The SMILES string of the molecule is CCC(=O)Oc1ccc(Oc2ccc(C(F)(F)F)cc2)cc1. The third-order valence-electron chi connectivity index (χ3n) is 2.76. The van der Waals surface area contributed by atoms with Gasteiger partial charge >= 0.3 is 12.1 Å². The highest BCUT2D eigenvalue weighted by molar-refractivity contribution is 5.71. The second-order valence-corrected chi connectivity index (χ2v) is 4.42. The molecule has 0 unspecified atom stereocenters. The fourth-order valence-corrected chi connectivity index (χ4v) is 1.63. The first-order valence-corrected chi connectivity index (χ1v) is 6.54. The number of hydrogen-bond acceptors (Lipinski definition) is 3. The first-order valence-electron chi connectivity index (χ1n) is 6.54. The number of benzene rings is 2. The topological polar surface area (TPSA) is 35.5 Å². The molecule has 22 heavy (non-hydrogen) atoms. The minimum absolute atomic E-state index is 0.268. The van der Waals surface area contributed by atoms with Crippen LogP contribution >= 0.6 is 0 Å². The van der Waals surface area contributed by atoms with E-state index in [1.54, 1.807) is 31.2 Å². The van der Waals surface area contributed by atoms with E-state index in [4.69, 9.17) is 9.47 Å². The lowest BCUT2D eigenvalue weighted by Gasteiger charge is -2.09. The Morgan fingerprint density at radius 2 is 1.36 bits per heavy atom. The standard InChI is InChI=1S/C16H13F3O3/c1-2-15(20)22-14-9-7-13(8-10-14)21-12-5-3-11(4-6-12)16(17,18)19/h3-10H,2H2,1H3. The van der Waals surface area contributed by atoms with Crippen molar-refractivity contribution in [3.63, 3.8) is 0 Å². The van der Waals surface area contributed by atoms with Gasteiger partial charge in [0.1, 0.15) is 17.2 Å². The van der Waals surface area contributed by atoms with Crippen molar-refractivity contribution in [3.05, 3.63) is 54.1 Å². The Balaban J connectivity index is 2.03. The molecule has 0 heterocycles. The lowest BCUT2D eigenvalue weighted by atomic mass is 10.2. The summed E-state index contributed by atoms with van der Waals surface area (Å²) in [5.41, 5.74) is -0.735. The number of halogens is 3. The van der Waals surface area contributed by atoms with Crippen molar-refractivity contribution >= 4 is 5.97 Å². The van der Waals surface area contributed by atoms with E-state index in [9.17, 15) is 18.0 Å². The molecule has 0 spiro atoms. The van der Waals surface area contributed by atoms with Gasteiger partial charge in [0.25, 0.3) is 0 Å². The zero-order valence-corrected chi connectivity index (χ0v) is 11.7. The van der Waals surface area contributed by atoms with Crippen LogP contribution in [0.4, 0.5) is 13.2 Å². The quantitative estimate of drug-likeness (QED) is 0.600. The van der Waals surface area contributed by atoms with Gasteiger partial charge in [0, 0.05) is 6.42 Å². The predicted molar refractivity (Wildman–Crippen MR) is 73.9 cm³/mol. The molecule has 0 atom stereocenters. The van der Waals surface area contributed by atoms with Gasteiger partial charge in [-0.05, 0) is 48.5 Å². The van der Waals surface area contributed by atoms with Crippen LogP contribution in [-0.4, -0.2) is 5.97 Å². The summed E-state index contributed by atoms with van der Waals surface area (Å²) in [6.45, 7) is 1.68.